The van der Waals surface area contributed by atoms with Gasteiger partial charge in [0.25, 0.3) is 0 Å². The highest BCUT2D eigenvalue weighted by Crippen LogP contribution is 2.41. The maximum Gasteiger partial charge on any atom is 0.321 e. The van der Waals surface area contributed by atoms with Crippen molar-refractivity contribution in [3.63, 3.8) is 0 Å². The molecule has 1 fully saturated rings. The quantitative estimate of drug-likeness (QED) is 0.359. The summed E-state index contributed by atoms with van der Waals surface area (Å²) in [4.78, 5) is 29.5. The van der Waals surface area contributed by atoms with E-state index < -0.39 is 11.4 Å². The molecule has 0 bridgehead atoms. The molecule has 4 rings (SSSR count). The van der Waals surface area contributed by atoms with Gasteiger partial charge in [-0.25, -0.2) is 0 Å². The zero-order chi connectivity index (χ0) is 23.3. The zero-order valence-electron chi connectivity index (χ0n) is 19.4. The lowest BCUT2D eigenvalue weighted by molar-refractivity contribution is -0.169. The van der Waals surface area contributed by atoms with Gasteiger partial charge in [0.15, 0.2) is 5.41 Å². The number of hydrogen-bond acceptors (Lipinski definition) is 3. The monoisotopic (exact) mass is 441 g/mol. The van der Waals surface area contributed by atoms with Crippen molar-refractivity contribution in [1.29, 1.82) is 0 Å². The van der Waals surface area contributed by atoms with E-state index in [1.165, 1.54) is 0 Å². The van der Waals surface area contributed by atoms with Crippen LogP contribution in [0.25, 0.3) is 0 Å². The molecular weight excluding hydrogens is 410 g/mol. The van der Waals surface area contributed by atoms with Crippen LogP contribution in [0.4, 0.5) is 0 Å². The summed E-state index contributed by atoms with van der Waals surface area (Å²) in [6.45, 7) is 4.67. The van der Waals surface area contributed by atoms with E-state index in [1.54, 1.807) is 6.92 Å². The van der Waals surface area contributed by atoms with Crippen LogP contribution in [-0.4, -0.2) is 29.9 Å². The summed E-state index contributed by atoms with van der Waals surface area (Å²) in [7, 11) is 0. The van der Waals surface area contributed by atoms with Gasteiger partial charge in [-0.2, -0.15) is 0 Å². The van der Waals surface area contributed by atoms with Gasteiger partial charge in [-0.3, -0.25) is 9.59 Å². The molecule has 0 aromatic heterocycles. The summed E-state index contributed by atoms with van der Waals surface area (Å²) in [5.41, 5.74) is 2.97. The van der Waals surface area contributed by atoms with Crippen LogP contribution in [0.15, 0.2) is 84.9 Å². The number of aryl methyl sites for hydroxylation is 1. The van der Waals surface area contributed by atoms with Crippen molar-refractivity contribution in [2.75, 3.05) is 13.2 Å². The predicted molar refractivity (Wildman–Crippen MR) is 130 cm³/mol. The van der Waals surface area contributed by atoms with Gasteiger partial charge in [0.05, 0.1) is 12.6 Å². The van der Waals surface area contributed by atoms with Gasteiger partial charge < -0.3 is 9.64 Å². The molecule has 1 saturated heterocycles. The van der Waals surface area contributed by atoms with E-state index in [1.807, 2.05) is 96.8 Å². The first-order valence-corrected chi connectivity index (χ1v) is 11.7. The lowest BCUT2D eigenvalue weighted by atomic mass is 9.73. The second-order valence-corrected chi connectivity index (χ2v) is 8.79. The molecule has 3 aromatic rings. The Morgan fingerprint density at radius 1 is 0.939 bits per heavy atom. The zero-order valence-corrected chi connectivity index (χ0v) is 19.4. The summed E-state index contributed by atoms with van der Waals surface area (Å²) in [6, 6.07) is 27.9. The van der Waals surface area contributed by atoms with Crippen LogP contribution in [0.2, 0.25) is 0 Å². The summed E-state index contributed by atoms with van der Waals surface area (Å²) in [5.74, 6) is -0.564. The largest absolute Gasteiger partial charge is 0.465 e. The molecule has 3 aromatic carbocycles. The van der Waals surface area contributed by atoms with E-state index in [9.17, 15) is 9.59 Å². The van der Waals surface area contributed by atoms with Crippen LogP contribution >= 0.6 is 0 Å². The van der Waals surface area contributed by atoms with Gasteiger partial charge in [-0.1, -0.05) is 90.5 Å². The number of amides is 1. The van der Waals surface area contributed by atoms with Crippen LogP contribution in [0.5, 0.6) is 0 Å². The highest BCUT2D eigenvalue weighted by molar-refractivity contribution is 6.03. The fourth-order valence-corrected chi connectivity index (χ4v) is 4.85. The van der Waals surface area contributed by atoms with Gasteiger partial charge in [0, 0.05) is 6.54 Å². The Balaban J connectivity index is 1.77. The number of ether oxygens (including phenoxy) is 1. The van der Waals surface area contributed by atoms with Gasteiger partial charge in [-0.15, -0.1) is 0 Å². The van der Waals surface area contributed by atoms with Crippen molar-refractivity contribution in [3.8, 4) is 0 Å². The number of benzene rings is 3. The molecule has 0 N–H and O–H groups in total. The summed E-state index contributed by atoms with van der Waals surface area (Å²) >= 11 is 0. The molecular formula is C29H31NO3. The molecule has 1 atom stereocenters. The Bertz CT molecular complexity index is 1040. The average molecular weight is 442 g/mol. The third-order valence-electron chi connectivity index (χ3n) is 6.51. The third kappa shape index (κ3) is 4.70. The Morgan fingerprint density at radius 3 is 2.06 bits per heavy atom. The number of esters is 1. The molecule has 1 aliphatic rings. The first-order chi connectivity index (χ1) is 16.0. The van der Waals surface area contributed by atoms with Crippen LogP contribution in [0, 0.1) is 12.3 Å². The summed E-state index contributed by atoms with van der Waals surface area (Å²) in [5, 5.41) is 0. The molecule has 4 nitrogen and oxygen atoms in total. The Kier molecular flexibility index (Phi) is 6.93. The van der Waals surface area contributed by atoms with Crippen molar-refractivity contribution >= 4 is 11.9 Å². The van der Waals surface area contributed by atoms with Crippen molar-refractivity contribution in [2.24, 2.45) is 5.41 Å². The summed E-state index contributed by atoms with van der Waals surface area (Å²) < 4.78 is 5.50. The normalized spacial score (nSPS) is 18.4. The molecule has 0 saturated carbocycles. The lowest BCUT2D eigenvalue weighted by Gasteiger charge is -2.44. The minimum atomic E-state index is -1.22. The number of hydrogen-bond donors (Lipinski definition) is 0. The minimum Gasteiger partial charge on any atom is -0.465 e. The number of carbonyl (C=O) groups is 2. The standard InChI is InChI=1S/C29H31NO3/c1-3-33-28(32)29(21-23-17-15-22(2)16-18-23)19-10-20-30(27(29)31)26(24-11-6-4-7-12-24)25-13-8-5-9-14-25/h4-9,11-18,26H,3,10,19-21H2,1-2H3/t29-/m1/s1. The second-order valence-electron chi connectivity index (χ2n) is 8.79. The van der Waals surface area contributed by atoms with E-state index in [2.05, 4.69) is 0 Å². The SMILES string of the molecule is CCOC(=O)[C@@]1(Cc2ccc(C)cc2)CCCN(C(c2ccccc2)c2ccccc2)C1=O. The topological polar surface area (TPSA) is 46.6 Å². The van der Waals surface area contributed by atoms with Crippen LogP contribution < -0.4 is 0 Å². The Hall–Kier alpha value is -3.40. The number of carbonyl (C=O) groups excluding carboxylic acids is 2. The first-order valence-electron chi connectivity index (χ1n) is 11.7. The first kappa shape index (κ1) is 22.8. The summed E-state index contributed by atoms with van der Waals surface area (Å²) in [6.07, 6.45) is 1.58. The van der Waals surface area contributed by atoms with Gasteiger partial charge in [-0.05, 0) is 49.8 Å². The smallest absolute Gasteiger partial charge is 0.321 e. The molecule has 0 spiro atoms. The second kappa shape index (κ2) is 10.0. The van der Waals surface area contributed by atoms with Crippen molar-refractivity contribution in [2.45, 2.75) is 39.2 Å². The highest BCUT2D eigenvalue weighted by Gasteiger charge is 2.52. The average Bonchev–Trinajstić information content (AvgIpc) is 2.84. The molecule has 0 radical (unpaired) electrons. The lowest BCUT2D eigenvalue weighted by Crippen LogP contribution is -2.55. The minimum absolute atomic E-state index is 0.148. The number of nitrogens with zero attached hydrogens (tertiary/aromatic N) is 1. The fraction of sp³-hybridized carbons (Fsp3) is 0.310. The van der Waals surface area contributed by atoms with Crippen LogP contribution in [0.3, 0.4) is 0 Å². The number of piperidine rings is 1. The number of rotatable bonds is 7. The van der Waals surface area contributed by atoms with E-state index in [4.69, 9.17) is 4.74 Å². The highest BCUT2D eigenvalue weighted by atomic mass is 16.5. The molecule has 4 heteroatoms. The van der Waals surface area contributed by atoms with Gasteiger partial charge >= 0.3 is 5.97 Å². The molecule has 170 valence electrons. The Morgan fingerprint density at radius 2 is 1.52 bits per heavy atom. The van der Waals surface area contributed by atoms with E-state index in [-0.39, 0.29) is 18.6 Å². The van der Waals surface area contributed by atoms with Crippen LogP contribution in [-0.2, 0) is 20.7 Å². The van der Waals surface area contributed by atoms with Crippen molar-refractivity contribution in [1.82, 2.24) is 4.90 Å². The van der Waals surface area contributed by atoms with Crippen molar-refractivity contribution < 1.29 is 14.3 Å². The predicted octanol–water partition coefficient (Wildman–Crippen LogP) is 5.50. The van der Waals surface area contributed by atoms with Gasteiger partial charge in [0.2, 0.25) is 5.91 Å². The molecule has 0 unspecified atom stereocenters. The number of likely N-dealkylation sites (tertiary alicyclic amines) is 1. The molecule has 1 amide bonds. The van der Waals surface area contributed by atoms with E-state index in [0.29, 0.717) is 19.4 Å². The van der Waals surface area contributed by atoms with E-state index in [0.717, 1.165) is 28.7 Å². The molecule has 1 aliphatic heterocycles. The third-order valence-corrected chi connectivity index (χ3v) is 6.51. The molecule has 0 aliphatic carbocycles. The molecule has 1 heterocycles. The maximum absolute atomic E-state index is 14.2. The maximum atomic E-state index is 14.2. The Labute approximate surface area is 196 Å². The van der Waals surface area contributed by atoms with E-state index >= 15 is 0 Å². The van der Waals surface area contributed by atoms with Crippen molar-refractivity contribution in [3.05, 3.63) is 107 Å². The fourth-order valence-electron chi connectivity index (χ4n) is 4.85. The van der Waals surface area contributed by atoms with Crippen LogP contribution in [0.1, 0.15) is 48.1 Å². The molecule has 33 heavy (non-hydrogen) atoms. The van der Waals surface area contributed by atoms with Gasteiger partial charge in [0.1, 0.15) is 0 Å².